The van der Waals surface area contributed by atoms with Crippen LogP contribution in [0.3, 0.4) is 0 Å². The number of nitrogens with two attached hydrogens (primary N) is 1. The highest BCUT2D eigenvalue weighted by atomic mass is 16.2. The highest BCUT2D eigenvalue weighted by Gasteiger charge is 2.32. The zero-order valence-corrected chi connectivity index (χ0v) is 11.9. The van der Waals surface area contributed by atoms with Crippen LogP contribution >= 0.6 is 0 Å². The van der Waals surface area contributed by atoms with E-state index in [1.807, 2.05) is 18.9 Å². The second kappa shape index (κ2) is 6.19. The van der Waals surface area contributed by atoms with Gasteiger partial charge in [0.05, 0.1) is 12.5 Å². The Kier molecular flexibility index (Phi) is 4.58. The number of aryl methyl sites for hydroxylation is 1. The smallest absolute Gasteiger partial charge is 0.272 e. The molecule has 1 aliphatic carbocycles. The fourth-order valence-corrected chi connectivity index (χ4v) is 3.11. The van der Waals surface area contributed by atoms with Gasteiger partial charge < -0.3 is 15.2 Å². The maximum absolute atomic E-state index is 12.6. The predicted octanol–water partition coefficient (Wildman–Crippen LogP) is 1.40. The van der Waals surface area contributed by atoms with Crippen molar-refractivity contribution in [2.45, 2.75) is 38.6 Å². The zero-order chi connectivity index (χ0) is 13.8. The molecule has 1 aromatic heterocycles. The van der Waals surface area contributed by atoms with E-state index in [0.717, 1.165) is 19.4 Å². The highest BCUT2D eigenvalue weighted by molar-refractivity contribution is 5.92. The van der Waals surface area contributed by atoms with Crippen LogP contribution in [0.15, 0.2) is 12.5 Å². The van der Waals surface area contributed by atoms with Gasteiger partial charge in [-0.2, -0.15) is 0 Å². The molecule has 1 saturated carbocycles. The number of amides is 1. The Morgan fingerprint density at radius 3 is 2.84 bits per heavy atom. The van der Waals surface area contributed by atoms with Crippen molar-refractivity contribution in [2.75, 3.05) is 13.1 Å². The molecule has 2 N–H and O–H groups in total. The molecule has 0 radical (unpaired) electrons. The first-order valence-electron chi connectivity index (χ1n) is 7.16. The topological polar surface area (TPSA) is 64.2 Å². The van der Waals surface area contributed by atoms with E-state index in [0.29, 0.717) is 18.2 Å². The lowest BCUT2D eigenvalue weighted by atomic mass is 9.83. The van der Waals surface area contributed by atoms with Crippen molar-refractivity contribution in [1.82, 2.24) is 14.5 Å². The average Bonchev–Trinajstić information content (AvgIpc) is 2.86. The number of nitrogens with zero attached hydrogens (tertiary/aromatic N) is 3. The van der Waals surface area contributed by atoms with Crippen LogP contribution in [0.4, 0.5) is 0 Å². The molecular formula is C14H24N4O. The lowest BCUT2D eigenvalue weighted by molar-refractivity contribution is 0.0550. The zero-order valence-electron chi connectivity index (χ0n) is 11.9. The van der Waals surface area contributed by atoms with Crippen LogP contribution in [0.1, 0.15) is 43.1 Å². The molecule has 0 bridgehead atoms. The maximum atomic E-state index is 12.6. The third-order valence-electron chi connectivity index (χ3n) is 4.21. The number of hydrogen-bond donors (Lipinski definition) is 1. The molecule has 2 unspecified atom stereocenters. The number of rotatable bonds is 4. The Bertz CT molecular complexity index is 429. The van der Waals surface area contributed by atoms with Crippen LogP contribution in [0, 0.1) is 5.92 Å². The summed E-state index contributed by atoms with van der Waals surface area (Å²) in [6.07, 6.45) is 7.94. The van der Waals surface area contributed by atoms with Gasteiger partial charge in [0.1, 0.15) is 5.69 Å². The fourth-order valence-electron chi connectivity index (χ4n) is 3.11. The van der Waals surface area contributed by atoms with Crippen LogP contribution in [-0.2, 0) is 7.05 Å². The average molecular weight is 264 g/mol. The number of carbonyl (C=O) groups is 1. The van der Waals surface area contributed by atoms with E-state index in [4.69, 9.17) is 5.73 Å². The van der Waals surface area contributed by atoms with Crippen LogP contribution in [0.5, 0.6) is 0 Å². The second-order valence-corrected chi connectivity index (χ2v) is 5.33. The molecule has 1 fully saturated rings. The fraction of sp³-hybridized carbons (Fsp3) is 0.714. The third-order valence-corrected chi connectivity index (χ3v) is 4.21. The first-order valence-corrected chi connectivity index (χ1v) is 7.16. The summed E-state index contributed by atoms with van der Waals surface area (Å²) in [5, 5.41) is 0. The van der Waals surface area contributed by atoms with Crippen LogP contribution in [0.25, 0.3) is 0 Å². The number of carbonyl (C=O) groups excluding carboxylic acids is 1. The molecule has 2 rings (SSSR count). The molecule has 1 aromatic rings. The Morgan fingerprint density at radius 2 is 2.26 bits per heavy atom. The Balaban J connectivity index is 2.19. The number of aromatic nitrogens is 2. The highest BCUT2D eigenvalue weighted by Crippen LogP contribution is 2.28. The van der Waals surface area contributed by atoms with E-state index in [-0.39, 0.29) is 11.9 Å². The van der Waals surface area contributed by atoms with Gasteiger partial charge in [-0.15, -0.1) is 0 Å². The lowest BCUT2D eigenvalue weighted by Gasteiger charge is -2.39. The van der Waals surface area contributed by atoms with Gasteiger partial charge in [0, 0.05) is 19.6 Å². The van der Waals surface area contributed by atoms with E-state index in [9.17, 15) is 4.79 Å². The van der Waals surface area contributed by atoms with Crippen molar-refractivity contribution >= 4 is 5.91 Å². The lowest BCUT2D eigenvalue weighted by Crippen LogP contribution is -2.48. The second-order valence-electron chi connectivity index (χ2n) is 5.33. The normalized spacial score (nSPS) is 23.3. The molecule has 1 amide bonds. The summed E-state index contributed by atoms with van der Waals surface area (Å²) in [4.78, 5) is 18.7. The van der Waals surface area contributed by atoms with Crippen LogP contribution in [-0.4, -0.2) is 39.5 Å². The van der Waals surface area contributed by atoms with Gasteiger partial charge >= 0.3 is 0 Å². The van der Waals surface area contributed by atoms with Crippen molar-refractivity contribution in [3.8, 4) is 0 Å². The molecule has 19 heavy (non-hydrogen) atoms. The predicted molar refractivity (Wildman–Crippen MR) is 74.7 cm³/mol. The van der Waals surface area contributed by atoms with Gasteiger partial charge in [0.25, 0.3) is 5.91 Å². The largest absolute Gasteiger partial charge is 0.334 e. The van der Waals surface area contributed by atoms with Crippen molar-refractivity contribution < 1.29 is 4.79 Å². The molecule has 5 nitrogen and oxygen atoms in total. The first kappa shape index (κ1) is 14.1. The van der Waals surface area contributed by atoms with E-state index < -0.39 is 0 Å². The van der Waals surface area contributed by atoms with Gasteiger partial charge in [0.15, 0.2) is 0 Å². The molecule has 0 saturated heterocycles. The molecule has 2 atom stereocenters. The van der Waals surface area contributed by atoms with E-state index in [1.54, 1.807) is 17.1 Å². The van der Waals surface area contributed by atoms with E-state index in [1.165, 1.54) is 12.8 Å². The molecule has 0 spiro atoms. The molecular weight excluding hydrogens is 240 g/mol. The third kappa shape index (κ3) is 2.81. The SMILES string of the molecule is CCN(C(=O)c1cncn1C)C1CCCCC1CN. The van der Waals surface area contributed by atoms with E-state index >= 15 is 0 Å². The van der Waals surface area contributed by atoms with Gasteiger partial charge in [-0.3, -0.25) is 4.79 Å². The summed E-state index contributed by atoms with van der Waals surface area (Å²) < 4.78 is 1.78. The summed E-state index contributed by atoms with van der Waals surface area (Å²) in [5.74, 6) is 0.513. The molecule has 1 heterocycles. The Morgan fingerprint density at radius 1 is 1.53 bits per heavy atom. The van der Waals surface area contributed by atoms with Crippen molar-refractivity contribution in [2.24, 2.45) is 18.7 Å². The van der Waals surface area contributed by atoms with Gasteiger partial charge in [-0.1, -0.05) is 12.8 Å². The summed E-state index contributed by atoms with van der Waals surface area (Å²) in [6, 6.07) is 0.283. The monoisotopic (exact) mass is 264 g/mol. The minimum absolute atomic E-state index is 0.0767. The van der Waals surface area contributed by atoms with Crippen molar-refractivity contribution in [3.05, 3.63) is 18.2 Å². The van der Waals surface area contributed by atoms with E-state index in [2.05, 4.69) is 4.98 Å². The molecule has 106 valence electrons. The number of hydrogen-bond acceptors (Lipinski definition) is 3. The van der Waals surface area contributed by atoms with Gasteiger partial charge in [-0.05, 0) is 32.2 Å². The standard InChI is InChI=1S/C14H24N4O/c1-3-18(12-7-5-4-6-11(12)8-15)14(19)13-9-16-10-17(13)2/h9-12H,3-8,15H2,1-2H3. The molecule has 0 aromatic carbocycles. The van der Waals surface area contributed by atoms with Crippen LogP contribution in [0.2, 0.25) is 0 Å². The molecule has 1 aliphatic rings. The summed E-state index contributed by atoms with van der Waals surface area (Å²) in [5.41, 5.74) is 6.54. The first-order chi connectivity index (χ1) is 9.19. The minimum Gasteiger partial charge on any atom is -0.334 e. The van der Waals surface area contributed by atoms with Gasteiger partial charge in [-0.25, -0.2) is 4.98 Å². The Labute approximate surface area is 114 Å². The van der Waals surface area contributed by atoms with Crippen molar-refractivity contribution in [1.29, 1.82) is 0 Å². The molecule has 5 heteroatoms. The van der Waals surface area contributed by atoms with Gasteiger partial charge in [0.2, 0.25) is 0 Å². The molecule has 0 aliphatic heterocycles. The Hall–Kier alpha value is -1.36. The minimum atomic E-state index is 0.0767. The summed E-state index contributed by atoms with van der Waals surface area (Å²) in [6.45, 7) is 3.43. The summed E-state index contributed by atoms with van der Waals surface area (Å²) >= 11 is 0. The van der Waals surface area contributed by atoms with Crippen molar-refractivity contribution in [3.63, 3.8) is 0 Å². The summed E-state index contributed by atoms with van der Waals surface area (Å²) in [7, 11) is 1.86. The van der Waals surface area contributed by atoms with Crippen LogP contribution < -0.4 is 5.73 Å². The quantitative estimate of drug-likeness (QED) is 0.894. The number of imidazole rings is 1. The maximum Gasteiger partial charge on any atom is 0.272 e.